The van der Waals surface area contributed by atoms with Crippen LogP contribution in [0, 0.1) is 0 Å². The van der Waals surface area contributed by atoms with Gasteiger partial charge in [0.2, 0.25) is 0 Å². The number of halogens is 3. The van der Waals surface area contributed by atoms with Crippen LogP contribution in [0.4, 0.5) is 5.69 Å². The van der Waals surface area contributed by atoms with Gasteiger partial charge >= 0.3 is 0 Å². The molecule has 3 nitrogen and oxygen atoms in total. The van der Waals surface area contributed by atoms with Crippen LogP contribution >= 0.6 is 39.1 Å². The summed E-state index contributed by atoms with van der Waals surface area (Å²) in [6.07, 6.45) is 0. The molecular formula is C17H18BrCl2NO2. The van der Waals surface area contributed by atoms with Crippen LogP contribution in [0.25, 0.3) is 0 Å². The zero-order chi connectivity index (χ0) is 16.8. The second kappa shape index (κ2) is 8.67. The topological polar surface area (TPSA) is 30.5 Å². The molecule has 6 heteroatoms. The van der Waals surface area contributed by atoms with Crippen molar-refractivity contribution in [2.75, 3.05) is 18.5 Å². The van der Waals surface area contributed by atoms with Crippen molar-refractivity contribution in [1.29, 1.82) is 0 Å². The van der Waals surface area contributed by atoms with E-state index >= 15 is 0 Å². The monoisotopic (exact) mass is 417 g/mol. The smallest absolute Gasteiger partial charge is 0.162 e. The third-order valence-corrected chi connectivity index (χ3v) is 4.41. The van der Waals surface area contributed by atoms with Crippen molar-refractivity contribution in [3.05, 3.63) is 50.4 Å². The maximum atomic E-state index is 6.17. The summed E-state index contributed by atoms with van der Waals surface area (Å²) in [6, 6.07) is 9.21. The minimum atomic E-state index is 0.577. The molecular weight excluding hydrogens is 401 g/mol. The first-order valence-electron chi connectivity index (χ1n) is 7.32. The van der Waals surface area contributed by atoms with Gasteiger partial charge < -0.3 is 14.8 Å². The standard InChI is InChI=1S/C17H18BrCl2NO2/c1-3-22-16-7-11(13(18)9-17(16)23-4-2)10-21-15-8-12(19)5-6-14(15)20/h5-9,21H,3-4,10H2,1-2H3. The van der Waals surface area contributed by atoms with Gasteiger partial charge in [-0.2, -0.15) is 0 Å². The van der Waals surface area contributed by atoms with Gasteiger partial charge in [-0.1, -0.05) is 39.1 Å². The van der Waals surface area contributed by atoms with E-state index in [9.17, 15) is 0 Å². The van der Waals surface area contributed by atoms with Gasteiger partial charge in [0, 0.05) is 16.0 Å². The van der Waals surface area contributed by atoms with Crippen LogP contribution in [-0.2, 0) is 6.54 Å². The van der Waals surface area contributed by atoms with Crippen LogP contribution in [0.1, 0.15) is 19.4 Å². The summed E-state index contributed by atoms with van der Waals surface area (Å²) < 4.78 is 12.2. The molecule has 124 valence electrons. The summed E-state index contributed by atoms with van der Waals surface area (Å²) in [6.45, 7) is 5.63. The van der Waals surface area contributed by atoms with Gasteiger partial charge in [-0.3, -0.25) is 0 Å². The highest BCUT2D eigenvalue weighted by atomic mass is 79.9. The van der Waals surface area contributed by atoms with Crippen molar-refractivity contribution in [3.63, 3.8) is 0 Å². The number of hydrogen-bond acceptors (Lipinski definition) is 3. The molecule has 2 rings (SSSR count). The highest BCUT2D eigenvalue weighted by Crippen LogP contribution is 2.35. The first-order valence-corrected chi connectivity index (χ1v) is 8.87. The van der Waals surface area contributed by atoms with Crippen molar-refractivity contribution in [2.45, 2.75) is 20.4 Å². The lowest BCUT2D eigenvalue weighted by Crippen LogP contribution is -2.04. The van der Waals surface area contributed by atoms with Gasteiger partial charge in [-0.05, 0) is 49.7 Å². The number of hydrogen-bond donors (Lipinski definition) is 1. The van der Waals surface area contributed by atoms with Gasteiger partial charge in [-0.25, -0.2) is 0 Å². The Hall–Kier alpha value is -1.10. The van der Waals surface area contributed by atoms with Crippen LogP contribution in [-0.4, -0.2) is 13.2 Å². The number of rotatable bonds is 7. The molecule has 0 saturated carbocycles. The molecule has 0 heterocycles. The average Bonchev–Trinajstić information content (AvgIpc) is 2.52. The molecule has 0 saturated heterocycles. The van der Waals surface area contributed by atoms with Crippen LogP contribution in [0.2, 0.25) is 10.0 Å². The Morgan fingerprint density at radius 3 is 2.30 bits per heavy atom. The molecule has 2 aromatic rings. The largest absolute Gasteiger partial charge is 0.490 e. The molecule has 0 aliphatic heterocycles. The predicted molar refractivity (Wildman–Crippen MR) is 100 cm³/mol. The van der Waals surface area contributed by atoms with Gasteiger partial charge in [0.25, 0.3) is 0 Å². The Kier molecular flexibility index (Phi) is 6.88. The molecule has 2 aromatic carbocycles. The molecule has 0 fully saturated rings. The summed E-state index contributed by atoms with van der Waals surface area (Å²) in [4.78, 5) is 0. The second-order valence-corrected chi connectivity index (χ2v) is 6.43. The van der Waals surface area contributed by atoms with E-state index in [0.717, 1.165) is 27.2 Å². The van der Waals surface area contributed by atoms with Crippen molar-refractivity contribution in [1.82, 2.24) is 0 Å². The Bertz CT molecular complexity index is 680. The van der Waals surface area contributed by atoms with Crippen LogP contribution in [0.3, 0.4) is 0 Å². The highest BCUT2D eigenvalue weighted by Gasteiger charge is 2.11. The summed E-state index contributed by atoms with van der Waals surface area (Å²) in [7, 11) is 0. The van der Waals surface area contributed by atoms with E-state index in [2.05, 4.69) is 21.2 Å². The quantitative estimate of drug-likeness (QED) is 0.583. The summed E-state index contributed by atoms with van der Waals surface area (Å²) in [5.41, 5.74) is 1.82. The molecule has 0 radical (unpaired) electrons. The van der Waals surface area contributed by atoms with E-state index in [1.54, 1.807) is 18.2 Å². The molecule has 0 atom stereocenters. The Labute approximate surface area is 155 Å². The van der Waals surface area contributed by atoms with Gasteiger partial charge in [0.05, 0.1) is 23.9 Å². The Morgan fingerprint density at radius 1 is 1.00 bits per heavy atom. The lowest BCUT2D eigenvalue weighted by atomic mass is 10.2. The molecule has 0 spiro atoms. The zero-order valence-electron chi connectivity index (χ0n) is 13.0. The first-order chi connectivity index (χ1) is 11.0. The van der Waals surface area contributed by atoms with Crippen LogP contribution in [0.15, 0.2) is 34.8 Å². The normalized spacial score (nSPS) is 10.5. The molecule has 1 N–H and O–H groups in total. The summed E-state index contributed by atoms with van der Waals surface area (Å²) in [5, 5.41) is 4.55. The van der Waals surface area contributed by atoms with E-state index in [1.807, 2.05) is 26.0 Å². The molecule has 0 aliphatic carbocycles. The van der Waals surface area contributed by atoms with E-state index in [0.29, 0.717) is 29.8 Å². The summed E-state index contributed by atoms with van der Waals surface area (Å²) >= 11 is 15.8. The average molecular weight is 419 g/mol. The Balaban J connectivity index is 2.22. The van der Waals surface area contributed by atoms with E-state index in [4.69, 9.17) is 32.7 Å². The SMILES string of the molecule is CCOc1cc(Br)c(CNc2cc(Cl)ccc2Cl)cc1OCC. The van der Waals surface area contributed by atoms with Gasteiger partial charge in [0.15, 0.2) is 11.5 Å². The minimum Gasteiger partial charge on any atom is -0.490 e. The lowest BCUT2D eigenvalue weighted by Gasteiger charge is -2.15. The maximum absolute atomic E-state index is 6.17. The highest BCUT2D eigenvalue weighted by molar-refractivity contribution is 9.10. The fourth-order valence-corrected chi connectivity index (χ4v) is 2.89. The molecule has 0 bridgehead atoms. The molecule has 0 aromatic heterocycles. The third kappa shape index (κ3) is 4.93. The fraction of sp³-hybridized carbons (Fsp3) is 0.294. The van der Waals surface area contributed by atoms with E-state index in [-0.39, 0.29) is 0 Å². The van der Waals surface area contributed by atoms with E-state index < -0.39 is 0 Å². The van der Waals surface area contributed by atoms with Crippen molar-refractivity contribution in [3.8, 4) is 11.5 Å². The molecule has 0 aliphatic rings. The number of ether oxygens (including phenoxy) is 2. The number of nitrogens with one attached hydrogen (secondary N) is 1. The number of benzene rings is 2. The molecule has 0 unspecified atom stereocenters. The minimum absolute atomic E-state index is 0.577. The molecule has 0 amide bonds. The summed E-state index contributed by atoms with van der Waals surface area (Å²) in [5.74, 6) is 1.46. The predicted octanol–water partition coefficient (Wildman–Crippen LogP) is 6.17. The Morgan fingerprint density at radius 2 is 1.65 bits per heavy atom. The number of anilines is 1. The maximum Gasteiger partial charge on any atom is 0.162 e. The fourth-order valence-electron chi connectivity index (χ4n) is 2.07. The second-order valence-electron chi connectivity index (χ2n) is 4.73. The van der Waals surface area contributed by atoms with Crippen LogP contribution in [0.5, 0.6) is 11.5 Å². The van der Waals surface area contributed by atoms with Gasteiger partial charge in [0.1, 0.15) is 0 Å². The van der Waals surface area contributed by atoms with Crippen molar-refractivity contribution in [2.24, 2.45) is 0 Å². The third-order valence-electron chi connectivity index (χ3n) is 3.11. The molecule has 23 heavy (non-hydrogen) atoms. The van der Waals surface area contributed by atoms with Gasteiger partial charge in [-0.15, -0.1) is 0 Å². The zero-order valence-corrected chi connectivity index (χ0v) is 16.1. The van der Waals surface area contributed by atoms with Crippen LogP contribution < -0.4 is 14.8 Å². The van der Waals surface area contributed by atoms with E-state index in [1.165, 1.54) is 0 Å². The lowest BCUT2D eigenvalue weighted by molar-refractivity contribution is 0.287. The van der Waals surface area contributed by atoms with Crippen molar-refractivity contribution < 1.29 is 9.47 Å². The first kappa shape index (κ1) is 18.2. The van der Waals surface area contributed by atoms with Crippen molar-refractivity contribution >= 4 is 44.8 Å².